The second-order valence-corrected chi connectivity index (χ2v) is 24.4. The minimum Gasteiger partial charge on any atom is -0.493 e. The quantitative estimate of drug-likeness (QED) is 0.0559. The fraction of sp³-hybridized carbons (Fsp3) is 0.386. The van der Waals surface area contributed by atoms with E-state index in [0.717, 1.165) is 55.1 Å². The summed E-state index contributed by atoms with van der Waals surface area (Å²) in [5.74, 6) is -0.0599. The van der Waals surface area contributed by atoms with Crippen molar-refractivity contribution in [1.82, 2.24) is 44.4 Å². The van der Waals surface area contributed by atoms with Gasteiger partial charge in [0.1, 0.15) is 11.4 Å². The van der Waals surface area contributed by atoms with Crippen LogP contribution in [0.1, 0.15) is 85.2 Å². The Hall–Kier alpha value is -6.89. The second-order valence-electron chi connectivity index (χ2n) is 20.1. The van der Waals surface area contributed by atoms with E-state index in [1.54, 1.807) is 53.3 Å². The number of halogens is 1. The summed E-state index contributed by atoms with van der Waals surface area (Å²) < 4.78 is 52.9. The average Bonchev–Trinajstić information content (AvgIpc) is 4.34. The van der Waals surface area contributed by atoms with Crippen molar-refractivity contribution in [3.8, 4) is 16.9 Å². The molecule has 1 atom stereocenters. The molecule has 3 aromatic heterocycles. The maximum Gasteiger partial charge on any atom is 0.281 e. The molecule has 426 valence electrons. The topological polar surface area (TPSA) is 239 Å². The average molecular weight is 1180 g/mol. The lowest BCUT2D eigenvalue weighted by molar-refractivity contribution is -0.123. The van der Waals surface area contributed by atoms with Gasteiger partial charge >= 0.3 is 0 Å². The van der Waals surface area contributed by atoms with Crippen LogP contribution in [0.15, 0.2) is 77.7 Å². The summed E-state index contributed by atoms with van der Waals surface area (Å²) in [6.45, 7) is 3.31. The molecule has 24 heteroatoms. The molecule has 1 fully saturated rings. The van der Waals surface area contributed by atoms with E-state index in [2.05, 4.69) is 44.9 Å². The first-order valence-corrected chi connectivity index (χ1v) is 30.9. The van der Waals surface area contributed by atoms with E-state index in [4.69, 9.17) is 36.0 Å². The Bertz CT molecular complexity index is 3700. The first-order chi connectivity index (χ1) is 39.1. The molecular formula is C57H63ClN10O10S3. The highest BCUT2D eigenvalue weighted by Crippen LogP contribution is 2.43. The third-order valence-corrected chi connectivity index (χ3v) is 18.2. The summed E-state index contributed by atoms with van der Waals surface area (Å²) in [4.78, 5) is 67.7. The number of nitrogens with one attached hydrogen (secondary N) is 4. The largest absolute Gasteiger partial charge is 0.493 e. The highest BCUT2D eigenvalue weighted by Gasteiger charge is 2.42. The van der Waals surface area contributed by atoms with E-state index < -0.39 is 39.5 Å². The van der Waals surface area contributed by atoms with Crippen molar-refractivity contribution in [2.45, 2.75) is 67.2 Å². The van der Waals surface area contributed by atoms with E-state index >= 15 is 0 Å². The predicted octanol–water partition coefficient (Wildman–Crippen LogP) is 7.06. The number of nitrogens with zero attached hydrogens (tertiary/aromatic N) is 6. The maximum absolute atomic E-state index is 14.5. The van der Waals surface area contributed by atoms with E-state index in [1.807, 2.05) is 60.7 Å². The lowest BCUT2D eigenvalue weighted by Gasteiger charge is -2.29. The second kappa shape index (κ2) is 25.1. The van der Waals surface area contributed by atoms with Gasteiger partial charge in [-0.15, -0.1) is 23.5 Å². The molecule has 4 aromatic carbocycles. The van der Waals surface area contributed by atoms with Crippen LogP contribution < -0.4 is 25.4 Å². The summed E-state index contributed by atoms with van der Waals surface area (Å²) in [6.07, 6.45) is 1.47. The molecule has 1 unspecified atom stereocenters. The van der Waals surface area contributed by atoms with Gasteiger partial charge in [-0.2, -0.15) is 10.2 Å². The number of imide groups is 1. The third-order valence-electron chi connectivity index (χ3n) is 14.7. The van der Waals surface area contributed by atoms with Gasteiger partial charge in [0.15, 0.2) is 0 Å². The fourth-order valence-corrected chi connectivity index (χ4v) is 13.6. The number of ether oxygens (including phenoxy) is 3. The van der Waals surface area contributed by atoms with Crippen molar-refractivity contribution in [3.05, 3.63) is 123 Å². The smallest absolute Gasteiger partial charge is 0.281 e. The van der Waals surface area contributed by atoms with Crippen LogP contribution in [0.5, 0.6) is 5.75 Å². The first kappa shape index (κ1) is 57.3. The normalized spacial score (nSPS) is 16.0. The highest BCUT2D eigenvalue weighted by molar-refractivity contribution is 7.98. The summed E-state index contributed by atoms with van der Waals surface area (Å²) in [5.41, 5.74) is 7.81. The monoisotopic (exact) mass is 1180 g/mol. The minimum absolute atomic E-state index is 0.0412. The molecule has 0 aliphatic carbocycles. The van der Waals surface area contributed by atoms with Gasteiger partial charge in [0.25, 0.3) is 17.7 Å². The van der Waals surface area contributed by atoms with Gasteiger partial charge in [0.2, 0.25) is 21.8 Å². The Morgan fingerprint density at radius 2 is 1.67 bits per heavy atom. The Morgan fingerprint density at radius 1 is 0.852 bits per heavy atom. The number of carbonyl (C=O) groups is 5. The predicted molar refractivity (Wildman–Crippen MR) is 312 cm³/mol. The van der Waals surface area contributed by atoms with Crippen molar-refractivity contribution in [1.29, 1.82) is 0 Å². The molecule has 10 rings (SSSR count). The summed E-state index contributed by atoms with van der Waals surface area (Å²) in [5, 5.41) is 21.5. The Morgan fingerprint density at radius 3 is 2.48 bits per heavy atom. The van der Waals surface area contributed by atoms with Gasteiger partial charge in [-0.3, -0.25) is 38.2 Å². The molecule has 8 bridgehead atoms. The van der Waals surface area contributed by atoms with Gasteiger partial charge < -0.3 is 34.7 Å². The van der Waals surface area contributed by atoms with Crippen molar-refractivity contribution >= 4 is 102 Å². The molecule has 6 heterocycles. The van der Waals surface area contributed by atoms with Gasteiger partial charge in [0, 0.05) is 115 Å². The number of rotatable bonds is 16. The number of sulfonamides is 1. The van der Waals surface area contributed by atoms with Crippen LogP contribution >= 0.6 is 35.1 Å². The van der Waals surface area contributed by atoms with Crippen molar-refractivity contribution in [3.63, 3.8) is 0 Å². The number of piperidine rings is 1. The minimum atomic E-state index is -4.27. The number of aryl methyl sites for hydroxylation is 4. The summed E-state index contributed by atoms with van der Waals surface area (Å²) >= 11 is 10.6. The lowest BCUT2D eigenvalue weighted by Crippen LogP contribution is -2.50. The third kappa shape index (κ3) is 12.6. The van der Waals surface area contributed by atoms with E-state index in [-0.39, 0.29) is 69.9 Å². The van der Waals surface area contributed by atoms with Gasteiger partial charge in [-0.25, -0.2) is 13.1 Å². The number of carbonyl (C=O) groups excluding carboxylic acids is 5. The summed E-state index contributed by atoms with van der Waals surface area (Å²) in [6, 6.07) is 22.8. The van der Waals surface area contributed by atoms with Gasteiger partial charge in [-0.05, 0) is 73.5 Å². The lowest BCUT2D eigenvalue weighted by atomic mass is 9.98. The number of thioether (sulfide) groups is 2. The van der Waals surface area contributed by atoms with Crippen LogP contribution in [0.2, 0.25) is 5.02 Å². The van der Waals surface area contributed by atoms with Crippen LogP contribution in [0.25, 0.3) is 32.8 Å². The molecule has 3 aliphatic rings. The van der Waals surface area contributed by atoms with Crippen molar-refractivity contribution in [2.24, 2.45) is 21.1 Å². The van der Waals surface area contributed by atoms with E-state index in [9.17, 15) is 32.4 Å². The molecule has 0 saturated carbocycles. The number of hydrogen-bond donors (Lipinski definition) is 4. The van der Waals surface area contributed by atoms with Gasteiger partial charge in [-0.1, -0.05) is 48.0 Å². The molecule has 3 aliphatic heterocycles. The number of amides is 5. The Kier molecular flexibility index (Phi) is 17.8. The van der Waals surface area contributed by atoms with Crippen LogP contribution in [0, 0.1) is 6.92 Å². The van der Waals surface area contributed by atoms with Crippen LogP contribution in [0.4, 0.5) is 5.69 Å². The number of aromatic nitrogens is 5. The van der Waals surface area contributed by atoms with E-state index in [0.29, 0.717) is 88.2 Å². The molecule has 7 aromatic rings. The van der Waals surface area contributed by atoms with Crippen LogP contribution in [-0.2, 0) is 73.9 Å². The number of anilines is 1. The standard InChI is InChI=1S/C57H63ClN10O10S3/c1-34-50-46(63-66(34)3)33-79-31-36-28-38(67(4)62-36)32-80-39-27-35-9-5-6-10-40(35)47(29-39)78-21-8-12-41-42-15-16-44(58)52(50)53(42)65(2)54(41)55(71)64-81(74,75)26-20-60-49(70)18-22-76-24-25-77-23-19-59-45-13-7-11-43-51(45)57(73)68(56(43)72)37-14-17-48(69)61-30-37/h5-7,9-11,13,15-16,27-29,37,59H,8,12,14,17-26,30-33H2,1-4H3,(H,60,70)(H,61,69)(H,64,71). The number of benzene rings is 4. The Balaban J connectivity index is 0.755. The fourth-order valence-electron chi connectivity index (χ4n) is 10.7. The maximum atomic E-state index is 14.5. The SMILES string of the molecule is Cc1c2c(nn1C)CSCc1cc(n(C)n1)CSc1cc(c3ccccc3c1)OCCCc1c(C(=O)NS(=O)(=O)CCNC(=O)CCOCCOCCNc3cccc4c3C(=O)N(C3CCC(=O)NC3)C4=O)n(C)c3c-2c(Cl)ccc13. The van der Waals surface area contributed by atoms with Gasteiger partial charge in [0.05, 0.1) is 77.9 Å². The molecule has 0 spiro atoms. The Labute approximate surface area is 482 Å². The molecule has 81 heavy (non-hydrogen) atoms. The molecule has 0 radical (unpaired) electrons. The van der Waals surface area contributed by atoms with Crippen molar-refractivity contribution in [2.75, 3.05) is 63.7 Å². The first-order valence-electron chi connectivity index (χ1n) is 26.8. The summed E-state index contributed by atoms with van der Waals surface area (Å²) in [7, 11) is 1.32. The molecule has 20 nitrogen and oxygen atoms in total. The van der Waals surface area contributed by atoms with Crippen molar-refractivity contribution < 1.29 is 46.6 Å². The number of fused-ring (bicyclic) bond motifs is 9. The molecular weight excluding hydrogens is 1120 g/mol. The number of hydrogen-bond acceptors (Lipinski definition) is 15. The molecule has 4 N–H and O–H groups in total. The molecule has 5 amide bonds. The molecule has 1 saturated heterocycles. The zero-order chi connectivity index (χ0) is 57.0. The van der Waals surface area contributed by atoms with Crippen LogP contribution in [-0.4, -0.2) is 131 Å². The highest BCUT2D eigenvalue weighted by atomic mass is 35.5. The van der Waals surface area contributed by atoms with E-state index in [1.165, 1.54) is 4.90 Å². The zero-order valence-corrected chi connectivity index (χ0v) is 48.6. The zero-order valence-electron chi connectivity index (χ0n) is 45.4. The van der Waals surface area contributed by atoms with Crippen LogP contribution in [0.3, 0.4) is 0 Å².